The van der Waals surface area contributed by atoms with Crippen molar-refractivity contribution >= 4 is 27.2 Å². The molecule has 0 bridgehead atoms. The number of hydrogen-bond acceptors (Lipinski definition) is 6. The number of thiazole rings is 1. The van der Waals surface area contributed by atoms with Crippen molar-refractivity contribution in [1.29, 1.82) is 0 Å². The van der Waals surface area contributed by atoms with Crippen LogP contribution in [0.2, 0.25) is 0 Å². The van der Waals surface area contributed by atoms with E-state index < -0.39 is 17.5 Å². The molecule has 3 N–H and O–H groups in total. The summed E-state index contributed by atoms with van der Waals surface area (Å²) in [5.74, 6) is -3.62. The fraction of sp³-hybridized carbons (Fsp3) is 0.400. The van der Waals surface area contributed by atoms with Gasteiger partial charge in [-0.2, -0.15) is 18.3 Å². The molecule has 164 valence electrons. The number of nitrogens with one attached hydrogen (secondary N) is 1. The second-order valence-electron chi connectivity index (χ2n) is 7.91. The van der Waals surface area contributed by atoms with E-state index in [1.165, 1.54) is 16.0 Å². The zero-order valence-corrected chi connectivity index (χ0v) is 17.3. The molecule has 0 amide bonds. The van der Waals surface area contributed by atoms with Crippen molar-refractivity contribution in [3.63, 3.8) is 0 Å². The monoisotopic (exact) mass is 451 g/mol. The van der Waals surface area contributed by atoms with Crippen LogP contribution < -0.4 is 5.32 Å². The third kappa shape index (κ3) is 3.41. The lowest BCUT2D eigenvalue weighted by molar-refractivity contribution is -0.357. The van der Waals surface area contributed by atoms with Gasteiger partial charge in [-0.05, 0) is 43.6 Å². The maximum Gasteiger partial charge on any atom is 0.447 e. The van der Waals surface area contributed by atoms with Crippen LogP contribution in [0.4, 0.5) is 13.2 Å². The number of alkyl halides is 3. The van der Waals surface area contributed by atoms with E-state index in [0.717, 1.165) is 42.7 Å². The van der Waals surface area contributed by atoms with Gasteiger partial charge in [-0.1, -0.05) is 11.3 Å². The van der Waals surface area contributed by atoms with Crippen LogP contribution in [0.3, 0.4) is 0 Å². The standard InChI is InChI=1S/C20H20F3N5O2S/c1-27-8-13-6-12(7-14(17(13)26-27)19(29,30)20(21,22)23)16-10-28-9-15(25-18(28)31-16)11-2-4-24-5-3-11/h6-11,24,29-30H,2-5H2,1H3. The largest absolute Gasteiger partial charge is 0.447 e. The van der Waals surface area contributed by atoms with E-state index in [-0.39, 0.29) is 5.52 Å². The molecule has 0 aliphatic carbocycles. The van der Waals surface area contributed by atoms with Gasteiger partial charge in [-0.15, -0.1) is 0 Å². The number of fused-ring (bicyclic) bond motifs is 2. The predicted molar refractivity (Wildman–Crippen MR) is 110 cm³/mol. The van der Waals surface area contributed by atoms with Crippen molar-refractivity contribution in [2.45, 2.75) is 30.7 Å². The van der Waals surface area contributed by atoms with Gasteiger partial charge in [0, 0.05) is 42.5 Å². The number of imidazole rings is 1. The van der Waals surface area contributed by atoms with Crippen LogP contribution in [-0.4, -0.2) is 48.6 Å². The van der Waals surface area contributed by atoms with Crippen LogP contribution in [-0.2, 0) is 12.8 Å². The lowest BCUT2D eigenvalue weighted by Crippen LogP contribution is -2.42. The Labute approximate surface area is 178 Å². The van der Waals surface area contributed by atoms with Gasteiger partial charge in [0.25, 0.3) is 5.79 Å². The summed E-state index contributed by atoms with van der Waals surface area (Å²) in [5, 5.41) is 27.6. The highest BCUT2D eigenvalue weighted by molar-refractivity contribution is 7.20. The normalized spacial score (nSPS) is 16.6. The van der Waals surface area contributed by atoms with Crippen LogP contribution in [0.5, 0.6) is 0 Å². The van der Waals surface area contributed by atoms with Gasteiger partial charge < -0.3 is 15.5 Å². The fourth-order valence-corrected chi connectivity index (χ4v) is 5.04. The van der Waals surface area contributed by atoms with E-state index >= 15 is 0 Å². The average molecular weight is 451 g/mol. The number of hydrogen-bond donors (Lipinski definition) is 3. The SMILES string of the molecule is Cn1cc2cc(-c3cn4cc(C5CCNCC5)nc4s3)cc(C(O)(O)C(F)(F)F)c2n1. The molecule has 4 heterocycles. The van der Waals surface area contributed by atoms with Gasteiger partial charge in [0.2, 0.25) is 0 Å². The van der Waals surface area contributed by atoms with Crippen LogP contribution in [0, 0.1) is 0 Å². The summed E-state index contributed by atoms with van der Waals surface area (Å²) in [4.78, 5) is 6.13. The Morgan fingerprint density at radius 3 is 2.55 bits per heavy atom. The summed E-state index contributed by atoms with van der Waals surface area (Å²) in [6, 6.07) is 2.83. The Bertz CT molecular complexity index is 1240. The average Bonchev–Trinajstić information content (AvgIpc) is 3.38. The molecular weight excluding hydrogens is 431 g/mol. The molecule has 0 saturated carbocycles. The van der Waals surface area contributed by atoms with E-state index in [2.05, 4.69) is 10.4 Å². The van der Waals surface area contributed by atoms with Crippen molar-refractivity contribution in [2.24, 2.45) is 7.05 Å². The van der Waals surface area contributed by atoms with Crippen molar-refractivity contribution in [2.75, 3.05) is 13.1 Å². The van der Waals surface area contributed by atoms with Gasteiger partial charge in [0.15, 0.2) is 4.96 Å². The Hall–Kier alpha value is -2.47. The number of aliphatic hydroxyl groups is 2. The third-order valence-electron chi connectivity index (χ3n) is 5.71. The predicted octanol–water partition coefficient (Wildman–Crippen LogP) is 3.12. The first kappa shape index (κ1) is 20.4. The molecule has 4 aromatic rings. The Balaban J connectivity index is 1.60. The summed E-state index contributed by atoms with van der Waals surface area (Å²) in [5.41, 5.74) is 0.647. The molecule has 1 aliphatic rings. The summed E-state index contributed by atoms with van der Waals surface area (Å²) >= 11 is 1.34. The van der Waals surface area contributed by atoms with Crippen LogP contribution in [0.15, 0.2) is 30.7 Å². The lowest BCUT2D eigenvalue weighted by atomic mass is 9.95. The highest BCUT2D eigenvalue weighted by atomic mass is 32.1. The van der Waals surface area contributed by atoms with Crippen LogP contribution in [0.25, 0.3) is 26.3 Å². The molecule has 5 rings (SSSR count). The summed E-state index contributed by atoms with van der Waals surface area (Å²) in [7, 11) is 1.56. The Morgan fingerprint density at radius 2 is 1.87 bits per heavy atom. The zero-order chi connectivity index (χ0) is 22.0. The number of nitrogens with zero attached hydrogens (tertiary/aromatic N) is 4. The van der Waals surface area contributed by atoms with Gasteiger partial charge in [0.1, 0.15) is 5.52 Å². The molecule has 0 atom stereocenters. The number of piperidine rings is 1. The van der Waals surface area contributed by atoms with E-state index in [0.29, 0.717) is 21.7 Å². The van der Waals surface area contributed by atoms with Gasteiger partial charge in [-0.25, -0.2) is 4.98 Å². The van der Waals surface area contributed by atoms with Crippen LogP contribution >= 0.6 is 11.3 Å². The maximum absolute atomic E-state index is 13.4. The van der Waals surface area contributed by atoms with E-state index in [9.17, 15) is 23.4 Å². The molecule has 0 spiro atoms. The molecule has 1 saturated heterocycles. The Kier molecular flexibility index (Phi) is 4.63. The fourth-order valence-electron chi connectivity index (χ4n) is 4.08. The molecule has 0 radical (unpaired) electrons. The first-order chi connectivity index (χ1) is 14.6. The maximum atomic E-state index is 13.4. The second kappa shape index (κ2) is 7.02. The van der Waals surface area contributed by atoms with E-state index in [1.54, 1.807) is 19.3 Å². The number of aromatic nitrogens is 4. The first-order valence-electron chi connectivity index (χ1n) is 9.82. The highest BCUT2D eigenvalue weighted by Crippen LogP contribution is 2.42. The highest BCUT2D eigenvalue weighted by Gasteiger charge is 2.55. The molecule has 1 fully saturated rings. The van der Waals surface area contributed by atoms with Crippen LogP contribution in [0.1, 0.15) is 30.0 Å². The summed E-state index contributed by atoms with van der Waals surface area (Å²) < 4.78 is 43.3. The molecule has 1 aliphatic heterocycles. The van der Waals surface area contributed by atoms with Gasteiger partial charge in [-0.3, -0.25) is 9.08 Å². The minimum atomic E-state index is -5.27. The molecule has 3 aromatic heterocycles. The van der Waals surface area contributed by atoms with E-state index in [1.807, 2.05) is 16.8 Å². The first-order valence-corrected chi connectivity index (χ1v) is 10.6. The van der Waals surface area contributed by atoms with Crippen molar-refractivity contribution in [1.82, 2.24) is 24.5 Å². The third-order valence-corrected chi connectivity index (χ3v) is 6.76. The molecule has 1 aromatic carbocycles. The summed E-state index contributed by atoms with van der Waals surface area (Å²) in [6.07, 6.45) is 2.08. The number of aryl methyl sites for hydroxylation is 1. The molecule has 11 heteroatoms. The molecular formula is C20H20F3N5O2S. The molecule has 7 nitrogen and oxygen atoms in total. The van der Waals surface area contributed by atoms with Crippen molar-refractivity contribution < 1.29 is 23.4 Å². The lowest BCUT2D eigenvalue weighted by Gasteiger charge is -2.25. The minimum Gasteiger partial charge on any atom is -0.355 e. The smallest absolute Gasteiger partial charge is 0.355 e. The summed E-state index contributed by atoms with van der Waals surface area (Å²) in [6.45, 7) is 1.91. The Morgan fingerprint density at radius 1 is 1.13 bits per heavy atom. The number of halogens is 3. The van der Waals surface area contributed by atoms with Gasteiger partial charge in [0.05, 0.1) is 10.6 Å². The molecule has 0 unspecified atom stereocenters. The number of rotatable bonds is 3. The second-order valence-corrected chi connectivity index (χ2v) is 8.92. The number of benzene rings is 1. The van der Waals surface area contributed by atoms with Crippen molar-refractivity contribution in [3.05, 3.63) is 42.0 Å². The van der Waals surface area contributed by atoms with Crippen molar-refractivity contribution in [3.8, 4) is 10.4 Å². The van der Waals surface area contributed by atoms with Gasteiger partial charge >= 0.3 is 6.18 Å². The van der Waals surface area contributed by atoms with E-state index in [4.69, 9.17) is 4.98 Å². The minimum absolute atomic E-state index is 0.108. The topological polar surface area (TPSA) is 87.6 Å². The zero-order valence-electron chi connectivity index (χ0n) is 16.5. The molecule has 31 heavy (non-hydrogen) atoms. The quantitative estimate of drug-likeness (QED) is 0.417.